The number of hydrogen-bond acceptors (Lipinski definition) is 3. The zero-order valence-corrected chi connectivity index (χ0v) is 16.9. The van der Waals surface area contributed by atoms with Crippen molar-refractivity contribution < 1.29 is 45.6 Å². The number of alkyl halides is 3. The Morgan fingerprint density at radius 3 is 2.41 bits per heavy atom. The van der Waals surface area contributed by atoms with Crippen LogP contribution in [0.2, 0.25) is 0 Å². The highest BCUT2D eigenvalue weighted by Gasteiger charge is 2.36. The van der Waals surface area contributed by atoms with E-state index in [-0.39, 0.29) is 61.5 Å². The third-order valence-corrected chi connectivity index (χ3v) is 5.54. The maximum atomic E-state index is 12.4. The second kappa shape index (κ2) is 11.6. The lowest BCUT2D eigenvalue weighted by Crippen LogP contribution is -3.00. The second-order valence-electron chi connectivity index (χ2n) is 7.91. The molecule has 0 aliphatic heterocycles. The van der Waals surface area contributed by atoms with Gasteiger partial charge in [-0.1, -0.05) is 19.8 Å². The quantitative estimate of drug-likeness (QED) is 0.640. The molecule has 0 bridgehead atoms. The summed E-state index contributed by atoms with van der Waals surface area (Å²) in [7, 11) is 0. The van der Waals surface area contributed by atoms with Crippen LogP contribution in [0.5, 0.6) is 0 Å². The summed E-state index contributed by atoms with van der Waals surface area (Å²) in [6, 6.07) is -0.214. The number of ketones is 1. The van der Waals surface area contributed by atoms with Crippen molar-refractivity contribution >= 4 is 5.78 Å². The standard InChI is InChI=1S/C19H32F3NO3.ClH/c1-13-12-16(24)15(23)8-4-9-17(25-11-5-10-19(20,21)22)18(13)26-14-6-2-3-7-14;/h13-15,17-18H,2-12,23H2,1H3;1H/t13-,15+,17+,18+;/m1./s1. The molecule has 2 saturated carbocycles. The van der Waals surface area contributed by atoms with E-state index in [1.54, 1.807) is 0 Å². The summed E-state index contributed by atoms with van der Waals surface area (Å²) in [5.74, 6) is 0.133. The number of quaternary nitrogens is 1. The van der Waals surface area contributed by atoms with Gasteiger partial charge in [0, 0.05) is 25.9 Å². The minimum Gasteiger partial charge on any atom is -1.00 e. The molecule has 2 aliphatic rings. The lowest BCUT2D eigenvalue weighted by Gasteiger charge is -2.33. The predicted molar refractivity (Wildman–Crippen MR) is 91.5 cm³/mol. The Morgan fingerprint density at radius 1 is 1.11 bits per heavy atom. The maximum Gasteiger partial charge on any atom is 0.389 e. The predicted octanol–water partition coefficient (Wildman–Crippen LogP) is 0.436. The lowest BCUT2D eigenvalue weighted by molar-refractivity contribution is -0.404. The van der Waals surface area contributed by atoms with Gasteiger partial charge in [-0.2, -0.15) is 13.2 Å². The van der Waals surface area contributed by atoms with Gasteiger partial charge in [-0.25, -0.2) is 0 Å². The molecule has 4 nitrogen and oxygen atoms in total. The van der Waals surface area contributed by atoms with E-state index in [2.05, 4.69) is 5.73 Å². The molecule has 3 N–H and O–H groups in total. The summed E-state index contributed by atoms with van der Waals surface area (Å²) in [4.78, 5) is 12.3. The van der Waals surface area contributed by atoms with Crippen molar-refractivity contribution in [2.75, 3.05) is 6.61 Å². The Balaban J connectivity index is 0.00000364. The van der Waals surface area contributed by atoms with Crippen LogP contribution in [-0.2, 0) is 14.3 Å². The molecule has 4 atom stereocenters. The summed E-state index contributed by atoms with van der Waals surface area (Å²) in [5, 5.41) is 0. The smallest absolute Gasteiger partial charge is 0.389 e. The molecule has 0 heterocycles. The van der Waals surface area contributed by atoms with Crippen molar-refractivity contribution in [3.05, 3.63) is 0 Å². The first kappa shape index (κ1) is 24.7. The van der Waals surface area contributed by atoms with Crippen LogP contribution in [-0.4, -0.2) is 42.9 Å². The zero-order valence-electron chi connectivity index (χ0n) is 16.1. The van der Waals surface area contributed by atoms with Crippen LogP contribution in [0.1, 0.15) is 71.1 Å². The molecule has 8 heteroatoms. The number of hydrogen-bond donors (Lipinski definition) is 1. The fourth-order valence-corrected chi connectivity index (χ4v) is 4.01. The van der Waals surface area contributed by atoms with E-state index in [1.165, 1.54) is 0 Å². The first-order chi connectivity index (χ1) is 12.3. The van der Waals surface area contributed by atoms with Crippen molar-refractivity contribution in [2.45, 2.75) is 102 Å². The summed E-state index contributed by atoms with van der Waals surface area (Å²) in [6.07, 6.45) is 1.54. The van der Waals surface area contributed by atoms with Gasteiger partial charge in [0.25, 0.3) is 0 Å². The molecule has 2 fully saturated rings. The number of halogens is 4. The molecule has 0 unspecified atom stereocenters. The fourth-order valence-electron chi connectivity index (χ4n) is 4.01. The van der Waals surface area contributed by atoms with Crippen molar-refractivity contribution in [3.8, 4) is 0 Å². The number of carbonyl (C=O) groups excluding carboxylic acids is 1. The first-order valence-electron chi connectivity index (χ1n) is 9.96. The molecule has 160 valence electrons. The van der Waals surface area contributed by atoms with Crippen LogP contribution in [0.15, 0.2) is 0 Å². The van der Waals surface area contributed by atoms with Gasteiger partial charge in [-0.05, 0) is 38.0 Å². The Bertz CT molecular complexity index is 444. The van der Waals surface area contributed by atoms with Crippen LogP contribution in [0.25, 0.3) is 0 Å². The summed E-state index contributed by atoms with van der Waals surface area (Å²) in [5.41, 5.74) is 3.96. The summed E-state index contributed by atoms with van der Waals surface area (Å²) in [6.45, 7) is 2.06. The number of rotatable bonds is 6. The van der Waals surface area contributed by atoms with Crippen LogP contribution >= 0.6 is 0 Å². The molecule has 0 aromatic heterocycles. The zero-order chi connectivity index (χ0) is 19.2. The van der Waals surface area contributed by atoms with E-state index in [1.807, 2.05) is 6.92 Å². The van der Waals surface area contributed by atoms with Crippen molar-refractivity contribution in [1.82, 2.24) is 0 Å². The number of carbonyl (C=O) groups is 1. The first-order valence-corrected chi connectivity index (χ1v) is 9.96. The number of ether oxygens (including phenoxy) is 2. The van der Waals surface area contributed by atoms with Gasteiger partial charge in [-0.15, -0.1) is 0 Å². The fraction of sp³-hybridized carbons (Fsp3) is 0.947. The minimum absolute atomic E-state index is 0. The van der Waals surface area contributed by atoms with Gasteiger partial charge in [0.05, 0.1) is 18.3 Å². The largest absolute Gasteiger partial charge is 1.00 e. The molecule has 0 saturated heterocycles. The second-order valence-corrected chi connectivity index (χ2v) is 7.91. The topological polar surface area (TPSA) is 63.2 Å². The molecule has 0 amide bonds. The molecular formula is C19H33ClF3NO3. The normalized spacial score (nSPS) is 31.1. The summed E-state index contributed by atoms with van der Waals surface area (Å²) >= 11 is 0. The van der Waals surface area contributed by atoms with E-state index in [9.17, 15) is 18.0 Å². The molecule has 0 aromatic rings. The molecule has 0 radical (unpaired) electrons. The van der Waals surface area contributed by atoms with Crippen LogP contribution in [0, 0.1) is 5.92 Å². The molecule has 2 rings (SSSR count). The van der Waals surface area contributed by atoms with Crippen molar-refractivity contribution in [1.29, 1.82) is 0 Å². The Kier molecular flexibility index (Phi) is 10.6. The lowest BCUT2D eigenvalue weighted by atomic mass is 9.92. The van der Waals surface area contributed by atoms with Gasteiger partial charge in [0.1, 0.15) is 6.04 Å². The Morgan fingerprint density at radius 2 is 1.78 bits per heavy atom. The molecule has 2 aliphatic carbocycles. The van der Waals surface area contributed by atoms with Gasteiger partial charge in [-0.3, -0.25) is 4.79 Å². The van der Waals surface area contributed by atoms with E-state index in [0.29, 0.717) is 19.3 Å². The third kappa shape index (κ3) is 8.67. The van der Waals surface area contributed by atoms with Gasteiger partial charge in [0.2, 0.25) is 0 Å². The van der Waals surface area contributed by atoms with Crippen LogP contribution < -0.4 is 18.1 Å². The maximum absolute atomic E-state index is 12.4. The average molecular weight is 416 g/mol. The highest BCUT2D eigenvalue weighted by molar-refractivity contribution is 5.82. The molecular weight excluding hydrogens is 383 g/mol. The third-order valence-electron chi connectivity index (χ3n) is 5.54. The SMILES string of the molecule is C[C@@H]1CC(=O)[C@@H]([NH3+])CCC[C@H](OCCCC(F)(F)F)[C@H]1OC1CCCC1.[Cl-]. The van der Waals surface area contributed by atoms with Crippen LogP contribution in [0.3, 0.4) is 0 Å². The molecule has 0 aromatic carbocycles. The Hall–Kier alpha value is -0.370. The van der Waals surface area contributed by atoms with Gasteiger partial charge < -0.3 is 27.6 Å². The van der Waals surface area contributed by atoms with Crippen LogP contribution in [0.4, 0.5) is 13.2 Å². The monoisotopic (exact) mass is 415 g/mol. The Labute approximate surface area is 166 Å². The molecule has 0 spiro atoms. The molecule has 27 heavy (non-hydrogen) atoms. The average Bonchev–Trinajstić information content (AvgIpc) is 3.07. The van der Waals surface area contributed by atoms with E-state index in [4.69, 9.17) is 9.47 Å². The highest BCUT2D eigenvalue weighted by Crippen LogP contribution is 2.31. The van der Waals surface area contributed by atoms with Crippen molar-refractivity contribution in [2.24, 2.45) is 5.92 Å². The van der Waals surface area contributed by atoms with E-state index in [0.717, 1.165) is 32.1 Å². The highest BCUT2D eigenvalue weighted by atomic mass is 35.5. The van der Waals surface area contributed by atoms with Gasteiger partial charge >= 0.3 is 6.18 Å². The minimum atomic E-state index is -4.15. The van der Waals surface area contributed by atoms with Crippen molar-refractivity contribution in [3.63, 3.8) is 0 Å². The summed E-state index contributed by atoms with van der Waals surface area (Å²) < 4.78 is 49.3. The van der Waals surface area contributed by atoms with E-state index >= 15 is 0 Å². The van der Waals surface area contributed by atoms with Gasteiger partial charge in [0.15, 0.2) is 5.78 Å². The number of Topliss-reactive ketones (excluding diaryl/α,β-unsaturated/α-hetero) is 1. The van der Waals surface area contributed by atoms with E-state index < -0.39 is 12.6 Å².